The summed E-state index contributed by atoms with van der Waals surface area (Å²) in [6.07, 6.45) is 5.45. The summed E-state index contributed by atoms with van der Waals surface area (Å²) < 4.78 is 6.97. The molecule has 2 aromatic heterocycles. The molecule has 0 radical (unpaired) electrons. The summed E-state index contributed by atoms with van der Waals surface area (Å²) in [5.41, 5.74) is 4.65. The fraction of sp³-hybridized carbons (Fsp3) is 0.259. The van der Waals surface area contributed by atoms with Gasteiger partial charge >= 0.3 is 0 Å². The summed E-state index contributed by atoms with van der Waals surface area (Å²) in [4.78, 5) is 33.1. The average Bonchev–Trinajstić information content (AvgIpc) is 3.29. The second-order valence-corrected chi connectivity index (χ2v) is 10.5. The first-order chi connectivity index (χ1) is 18.1. The lowest BCUT2D eigenvalue weighted by Gasteiger charge is -2.13. The Hall–Kier alpha value is -3.63. The topological polar surface area (TPSA) is 106 Å². The Morgan fingerprint density at radius 3 is 2.84 bits per heavy atom. The maximum atomic E-state index is 13.7. The summed E-state index contributed by atoms with van der Waals surface area (Å²) in [6, 6.07) is 14.4. The van der Waals surface area contributed by atoms with E-state index in [2.05, 4.69) is 10.5 Å². The number of fused-ring (bicyclic) bond motifs is 3. The average molecular weight is 535 g/mol. The van der Waals surface area contributed by atoms with Gasteiger partial charge in [-0.25, -0.2) is 10.4 Å². The van der Waals surface area contributed by atoms with Crippen molar-refractivity contribution >= 4 is 45.4 Å². The molecular formula is C27H26N4O4S2. The Bertz CT molecular complexity index is 1530. The number of aromatic nitrogens is 2. The number of thiophene rings is 1. The van der Waals surface area contributed by atoms with Crippen LogP contribution in [-0.4, -0.2) is 39.1 Å². The van der Waals surface area contributed by atoms with Gasteiger partial charge in [0.05, 0.1) is 29.6 Å². The molecule has 0 atom stereocenters. The first-order valence-corrected chi connectivity index (χ1v) is 13.9. The van der Waals surface area contributed by atoms with Crippen molar-refractivity contribution in [3.8, 4) is 17.2 Å². The molecule has 1 aliphatic rings. The molecule has 37 heavy (non-hydrogen) atoms. The maximum Gasteiger partial charge on any atom is 0.267 e. The molecule has 4 aromatic rings. The number of carbonyl (C=O) groups excluding carboxylic acids is 1. The van der Waals surface area contributed by atoms with Crippen LogP contribution in [0.25, 0.3) is 15.9 Å². The number of benzene rings is 2. The van der Waals surface area contributed by atoms with Gasteiger partial charge in [-0.1, -0.05) is 36.0 Å². The quantitative estimate of drug-likeness (QED) is 0.147. The summed E-state index contributed by atoms with van der Waals surface area (Å²) in [5, 5.41) is 15.4. The Morgan fingerprint density at radius 1 is 1.22 bits per heavy atom. The van der Waals surface area contributed by atoms with Crippen molar-refractivity contribution in [3.63, 3.8) is 0 Å². The van der Waals surface area contributed by atoms with Crippen molar-refractivity contribution < 1.29 is 14.6 Å². The van der Waals surface area contributed by atoms with E-state index in [9.17, 15) is 14.7 Å². The smallest absolute Gasteiger partial charge is 0.267 e. The Morgan fingerprint density at radius 2 is 2.03 bits per heavy atom. The molecule has 190 valence electrons. The van der Waals surface area contributed by atoms with Crippen LogP contribution in [0, 0.1) is 0 Å². The molecule has 0 unspecified atom stereocenters. The van der Waals surface area contributed by atoms with E-state index in [0.717, 1.165) is 36.1 Å². The number of thioether (sulfide) groups is 1. The number of aryl methyl sites for hydroxylation is 2. The largest absolute Gasteiger partial charge is 0.504 e. The third-order valence-corrected chi connectivity index (χ3v) is 8.15. The van der Waals surface area contributed by atoms with E-state index >= 15 is 0 Å². The van der Waals surface area contributed by atoms with Crippen LogP contribution in [0.2, 0.25) is 0 Å². The SMILES string of the molecule is CCOc1cccc(/C=N/NC(=O)CSc2nc3sc4c(c3c(=O)n2-c2ccccc2)CCCC4)c1O. The van der Waals surface area contributed by atoms with Crippen molar-refractivity contribution in [1.29, 1.82) is 0 Å². The number of nitrogens with zero attached hydrogens (tertiary/aromatic N) is 3. The van der Waals surface area contributed by atoms with E-state index in [1.54, 1.807) is 34.1 Å². The van der Waals surface area contributed by atoms with Gasteiger partial charge in [-0.05, 0) is 62.4 Å². The van der Waals surface area contributed by atoms with Crippen LogP contribution in [0.5, 0.6) is 11.5 Å². The normalized spacial score (nSPS) is 13.1. The van der Waals surface area contributed by atoms with E-state index < -0.39 is 0 Å². The zero-order valence-corrected chi connectivity index (χ0v) is 21.9. The highest BCUT2D eigenvalue weighted by molar-refractivity contribution is 7.99. The van der Waals surface area contributed by atoms with Crippen LogP contribution in [0.4, 0.5) is 0 Å². The second kappa shape index (κ2) is 11.2. The number of rotatable bonds is 8. The maximum absolute atomic E-state index is 13.7. The third-order valence-electron chi connectivity index (χ3n) is 6.03. The third kappa shape index (κ3) is 5.26. The molecule has 2 N–H and O–H groups in total. The molecule has 0 fully saturated rings. The van der Waals surface area contributed by atoms with Crippen LogP contribution < -0.4 is 15.7 Å². The molecule has 0 saturated carbocycles. The fourth-order valence-corrected chi connectivity index (χ4v) is 6.45. The number of phenols is 1. The van der Waals surface area contributed by atoms with Gasteiger partial charge < -0.3 is 9.84 Å². The summed E-state index contributed by atoms with van der Waals surface area (Å²) >= 11 is 2.77. The Labute approximate surface area is 222 Å². The highest BCUT2D eigenvalue weighted by atomic mass is 32.2. The van der Waals surface area contributed by atoms with Gasteiger partial charge in [-0.3, -0.25) is 14.2 Å². The molecule has 0 spiro atoms. The zero-order chi connectivity index (χ0) is 25.8. The van der Waals surface area contributed by atoms with Crippen molar-refractivity contribution in [3.05, 3.63) is 74.9 Å². The molecule has 2 aromatic carbocycles. The van der Waals surface area contributed by atoms with Gasteiger partial charge in [0.1, 0.15) is 4.83 Å². The number of para-hydroxylation sites is 2. The number of carbonyl (C=O) groups is 1. The number of aromatic hydroxyl groups is 1. The second-order valence-electron chi connectivity index (χ2n) is 8.47. The van der Waals surface area contributed by atoms with Gasteiger partial charge in [-0.15, -0.1) is 11.3 Å². The number of amides is 1. The molecule has 1 amide bonds. The van der Waals surface area contributed by atoms with Crippen LogP contribution >= 0.6 is 23.1 Å². The van der Waals surface area contributed by atoms with Crippen molar-refractivity contribution in [2.75, 3.05) is 12.4 Å². The van der Waals surface area contributed by atoms with E-state index in [-0.39, 0.29) is 23.0 Å². The van der Waals surface area contributed by atoms with E-state index in [1.165, 1.54) is 22.9 Å². The fourth-order valence-electron chi connectivity index (χ4n) is 4.34. The number of ether oxygens (including phenoxy) is 1. The van der Waals surface area contributed by atoms with Crippen molar-refractivity contribution in [1.82, 2.24) is 15.0 Å². The molecule has 0 bridgehead atoms. The predicted molar refractivity (Wildman–Crippen MR) is 148 cm³/mol. The minimum absolute atomic E-state index is 0.0121. The highest BCUT2D eigenvalue weighted by Gasteiger charge is 2.23. The lowest BCUT2D eigenvalue weighted by Crippen LogP contribution is -2.24. The number of phenolic OH excluding ortho intramolecular Hbond substituents is 1. The molecular weight excluding hydrogens is 508 g/mol. The van der Waals surface area contributed by atoms with Gasteiger partial charge in [0.15, 0.2) is 16.7 Å². The predicted octanol–water partition coefficient (Wildman–Crippen LogP) is 4.67. The lowest BCUT2D eigenvalue weighted by atomic mass is 9.97. The van der Waals surface area contributed by atoms with Crippen LogP contribution in [0.15, 0.2) is 63.6 Å². The van der Waals surface area contributed by atoms with Crippen molar-refractivity contribution in [2.24, 2.45) is 5.10 Å². The summed E-state index contributed by atoms with van der Waals surface area (Å²) in [5.74, 6) is -0.0390. The number of hydrogen-bond acceptors (Lipinski definition) is 8. The minimum Gasteiger partial charge on any atom is -0.504 e. The first-order valence-electron chi connectivity index (χ1n) is 12.1. The summed E-state index contributed by atoms with van der Waals surface area (Å²) in [7, 11) is 0. The number of hydrazone groups is 1. The van der Waals surface area contributed by atoms with Gasteiger partial charge in [0.25, 0.3) is 11.5 Å². The van der Waals surface area contributed by atoms with E-state index in [0.29, 0.717) is 34.1 Å². The molecule has 5 rings (SSSR count). The lowest BCUT2D eigenvalue weighted by molar-refractivity contribution is -0.118. The molecule has 10 heteroatoms. The molecule has 2 heterocycles. The van der Waals surface area contributed by atoms with Crippen LogP contribution in [-0.2, 0) is 17.6 Å². The monoisotopic (exact) mass is 534 g/mol. The van der Waals surface area contributed by atoms with Gasteiger partial charge in [-0.2, -0.15) is 5.10 Å². The van der Waals surface area contributed by atoms with Crippen molar-refractivity contribution in [2.45, 2.75) is 37.8 Å². The Balaban J connectivity index is 1.38. The molecule has 0 aliphatic heterocycles. The van der Waals surface area contributed by atoms with E-state index in [4.69, 9.17) is 9.72 Å². The van der Waals surface area contributed by atoms with Gasteiger partial charge in [0, 0.05) is 10.4 Å². The molecule has 1 aliphatic carbocycles. The highest BCUT2D eigenvalue weighted by Crippen LogP contribution is 2.35. The van der Waals surface area contributed by atoms with Crippen LogP contribution in [0.1, 0.15) is 35.8 Å². The number of hydrogen-bond donors (Lipinski definition) is 2. The molecule has 8 nitrogen and oxygen atoms in total. The van der Waals surface area contributed by atoms with Gasteiger partial charge in [0.2, 0.25) is 0 Å². The van der Waals surface area contributed by atoms with E-state index in [1.807, 2.05) is 37.3 Å². The minimum atomic E-state index is -0.360. The zero-order valence-electron chi connectivity index (χ0n) is 20.3. The first kappa shape index (κ1) is 25.0. The molecule has 0 saturated heterocycles. The van der Waals surface area contributed by atoms with Crippen LogP contribution in [0.3, 0.4) is 0 Å². The summed E-state index contributed by atoms with van der Waals surface area (Å²) in [6.45, 7) is 2.25. The number of nitrogens with one attached hydrogen (secondary N) is 1. The Kier molecular flexibility index (Phi) is 7.57. The standard InChI is InChI=1S/C27H26N4O4S2/c1-2-35-20-13-8-9-17(24(20)33)15-28-30-22(32)16-36-27-29-25-23(19-12-6-7-14-21(19)37-25)26(34)31(27)18-10-4-3-5-11-18/h3-5,8-11,13,15,33H,2,6-7,12,14,16H2,1H3,(H,30,32)/b28-15+.